The summed E-state index contributed by atoms with van der Waals surface area (Å²) in [6.45, 7) is 2.21. The number of fused-ring (bicyclic) bond motifs is 1. The van der Waals surface area contributed by atoms with Crippen molar-refractivity contribution >= 4 is 5.69 Å². The van der Waals surface area contributed by atoms with E-state index in [0.717, 1.165) is 25.7 Å². The van der Waals surface area contributed by atoms with Crippen LogP contribution in [-0.4, -0.2) is 16.7 Å². The highest BCUT2D eigenvalue weighted by Gasteiger charge is 2.47. The number of para-hydroxylation sites is 1. The Kier molecular flexibility index (Phi) is 2.21. The lowest BCUT2D eigenvalue weighted by molar-refractivity contribution is -0.0836. The van der Waals surface area contributed by atoms with Gasteiger partial charge in [0.05, 0.1) is 11.6 Å². The molecule has 1 aliphatic heterocycles. The maximum absolute atomic E-state index is 10.5. The van der Waals surface area contributed by atoms with E-state index in [2.05, 4.69) is 36.5 Å². The van der Waals surface area contributed by atoms with Crippen LogP contribution in [0.3, 0.4) is 0 Å². The molecule has 0 amide bonds. The molecule has 1 aromatic carbocycles. The van der Waals surface area contributed by atoms with Gasteiger partial charge in [-0.15, -0.1) is 0 Å². The van der Waals surface area contributed by atoms with Gasteiger partial charge >= 0.3 is 0 Å². The molecule has 1 fully saturated rings. The molecule has 2 N–H and O–H groups in total. The van der Waals surface area contributed by atoms with Crippen molar-refractivity contribution in [3.05, 3.63) is 29.8 Å². The van der Waals surface area contributed by atoms with E-state index in [1.807, 2.05) is 0 Å². The Bertz CT molecular complexity index is 395. The third kappa shape index (κ3) is 1.52. The average molecular weight is 217 g/mol. The number of rotatable bonds is 1. The number of hydrogen-bond acceptors (Lipinski definition) is 2. The Morgan fingerprint density at radius 1 is 1.31 bits per heavy atom. The molecular formula is C14H19NO. The van der Waals surface area contributed by atoms with Gasteiger partial charge in [0.15, 0.2) is 0 Å². The molecule has 0 aromatic heterocycles. The summed E-state index contributed by atoms with van der Waals surface area (Å²) in [4.78, 5) is 0. The van der Waals surface area contributed by atoms with Crippen molar-refractivity contribution in [1.82, 2.24) is 0 Å². The molecule has 86 valence electrons. The maximum atomic E-state index is 10.5. The van der Waals surface area contributed by atoms with Gasteiger partial charge in [0, 0.05) is 5.69 Å². The van der Waals surface area contributed by atoms with Gasteiger partial charge in [-0.3, -0.25) is 0 Å². The summed E-state index contributed by atoms with van der Waals surface area (Å²) in [7, 11) is 0. The van der Waals surface area contributed by atoms with E-state index in [0.29, 0.717) is 5.92 Å². The lowest BCUT2D eigenvalue weighted by atomic mass is 9.66. The Balaban J connectivity index is 1.78. The Morgan fingerprint density at radius 2 is 2.06 bits per heavy atom. The standard InChI is InChI=1S/C14H19NO/c1-10-8-14(16,9-10)13-7-6-11-4-2-3-5-12(11)15-13/h2-5,10,13,15-16H,6-9H2,1H3. The second kappa shape index (κ2) is 3.49. The molecule has 2 aliphatic rings. The van der Waals surface area contributed by atoms with Crippen LogP contribution in [0.2, 0.25) is 0 Å². The van der Waals surface area contributed by atoms with Crippen LogP contribution in [0.15, 0.2) is 24.3 Å². The van der Waals surface area contributed by atoms with Crippen LogP contribution in [0, 0.1) is 5.92 Å². The summed E-state index contributed by atoms with van der Waals surface area (Å²) in [5.74, 6) is 0.684. The van der Waals surface area contributed by atoms with Crippen molar-refractivity contribution in [2.75, 3.05) is 5.32 Å². The number of benzene rings is 1. The third-order valence-corrected chi connectivity index (χ3v) is 4.10. The normalized spacial score (nSPS) is 37.1. The van der Waals surface area contributed by atoms with Gasteiger partial charge in [0.25, 0.3) is 0 Å². The van der Waals surface area contributed by atoms with Crippen LogP contribution < -0.4 is 5.32 Å². The molecule has 1 aromatic rings. The molecule has 1 atom stereocenters. The van der Waals surface area contributed by atoms with Crippen LogP contribution >= 0.6 is 0 Å². The third-order valence-electron chi connectivity index (χ3n) is 4.10. The largest absolute Gasteiger partial charge is 0.388 e. The fourth-order valence-electron chi connectivity index (χ4n) is 3.27. The van der Waals surface area contributed by atoms with Gasteiger partial charge in [0.2, 0.25) is 0 Å². The molecular weight excluding hydrogens is 198 g/mol. The van der Waals surface area contributed by atoms with Crippen LogP contribution in [0.5, 0.6) is 0 Å². The minimum Gasteiger partial charge on any atom is -0.388 e. The second-order valence-electron chi connectivity index (χ2n) is 5.51. The Labute approximate surface area is 96.7 Å². The monoisotopic (exact) mass is 217 g/mol. The predicted octanol–water partition coefficient (Wildman–Crippen LogP) is 2.57. The number of nitrogens with one attached hydrogen (secondary N) is 1. The number of aliphatic hydroxyl groups is 1. The SMILES string of the molecule is CC1CC(O)(C2CCc3ccccc3N2)C1. The number of aryl methyl sites for hydroxylation is 1. The van der Waals surface area contributed by atoms with Crippen molar-refractivity contribution in [2.45, 2.75) is 44.2 Å². The summed E-state index contributed by atoms with van der Waals surface area (Å²) in [5.41, 5.74) is 2.15. The number of anilines is 1. The van der Waals surface area contributed by atoms with Crippen molar-refractivity contribution in [2.24, 2.45) is 5.92 Å². The van der Waals surface area contributed by atoms with Crippen LogP contribution in [0.1, 0.15) is 31.7 Å². The van der Waals surface area contributed by atoms with E-state index in [1.165, 1.54) is 11.3 Å². The summed E-state index contributed by atoms with van der Waals surface area (Å²) < 4.78 is 0. The first-order chi connectivity index (χ1) is 7.67. The molecule has 1 unspecified atom stereocenters. The Hall–Kier alpha value is -1.02. The first-order valence-electron chi connectivity index (χ1n) is 6.24. The van der Waals surface area contributed by atoms with E-state index in [1.54, 1.807) is 0 Å². The molecule has 1 aliphatic carbocycles. The lowest BCUT2D eigenvalue weighted by Gasteiger charge is -2.49. The molecule has 0 spiro atoms. The first-order valence-corrected chi connectivity index (χ1v) is 6.24. The van der Waals surface area contributed by atoms with Crippen molar-refractivity contribution in [3.8, 4) is 0 Å². The van der Waals surface area contributed by atoms with Gasteiger partial charge in [-0.05, 0) is 43.2 Å². The zero-order valence-corrected chi connectivity index (χ0v) is 9.74. The summed E-state index contributed by atoms with van der Waals surface area (Å²) in [6, 6.07) is 8.68. The minimum absolute atomic E-state index is 0.249. The summed E-state index contributed by atoms with van der Waals surface area (Å²) >= 11 is 0. The van der Waals surface area contributed by atoms with Gasteiger partial charge in [-0.1, -0.05) is 25.1 Å². The molecule has 0 saturated heterocycles. The molecule has 2 heteroatoms. The van der Waals surface area contributed by atoms with Crippen molar-refractivity contribution in [1.29, 1.82) is 0 Å². The van der Waals surface area contributed by atoms with E-state index in [4.69, 9.17) is 0 Å². The summed E-state index contributed by atoms with van der Waals surface area (Å²) in [6.07, 6.45) is 4.05. The topological polar surface area (TPSA) is 32.3 Å². The van der Waals surface area contributed by atoms with Crippen LogP contribution in [-0.2, 0) is 6.42 Å². The van der Waals surface area contributed by atoms with E-state index < -0.39 is 5.60 Å². The second-order valence-corrected chi connectivity index (χ2v) is 5.51. The fraction of sp³-hybridized carbons (Fsp3) is 0.571. The molecule has 0 radical (unpaired) electrons. The molecule has 2 nitrogen and oxygen atoms in total. The minimum atomic E-state index is -0.451. The van der Waals surface area contributed by atoms with Crippen molar-refractivity contribution in [3.63, 3.8) is 0 Å². The van der Waals surface area contributed by atoms with Gasteiger partial charge in [0.1, 0.15) is 0 Å². The van der Waals surface area contributed by atoms with Gasteiger partial charge in [-0.25, -0.2) is 0 Å². The Morgan fingerprint density at radius 3 is 2.81 bits per heavy atom. The molecule has 16 heavy (non-hydrogen) atoms. The van der Waals surface area contributed by atoms with E-state index in [9.17, 15) is 5.11 Å². The first kappa shape index (κ1) is 10.2. The van der Waals surface area contributed by atoms with E-state index >= 15 is 0 Å². The smallest absolute Gasteiger partial charge is 0.0853 e. The fourth-order valence-corrected chi connectivity index (χ4v) is 3.27. The molecule has 0 bridgehead atoms. The van der Waals surface area contributed by atoms with Gasteiger partial charge in [-0.2, -0.15) is 0 Å². The summed E-state index contributed by atoms with van der Waals surface area (Å²) in [5, 5.41) is 14.0. The molecule has 1 heterocycles. The molecule has 1 saturated carbocycles. The van der Waals surface area contributed by atoms with Crippen LogP contribution in [0.25, 0.3) is 0 Å². The average Bonchev–Trinajstić information content (AvgIpc) is 2.26. The van der Waals surface area contributed by atoms with Crippen molar-refractivity contribution < 1.29 is 5.11 Å². The zero-order valence-electron chi connectivity index (χ0n) is 9.74. The predicted molar refractivity (Wildman–Crippen MR) is 65.5 cm³/mol. The maximum Gasteiger partial charge on any atom is 0.0853 e. The van der Waals surface area contributed by atoms with Crippen LogP contribution in [0.4, 0.5) is 5.69 Å². The highest BCUT2D eigenvalue weighted by Crippen LogP contribution is 2.43. The lowest BCUT2D eigenvalue weighted by Crippen LogP contribution is -2.56. The number of hydrogen-bond donors (Lipinski definition) is 2. The highest BCUT2D eigenvalue weighted by atomic mass is 16.3. The highest BCUT2D eigenvalue weighted by molar-refractivity contribution is 5.54. The quantitative estimate of drug-likeness (QED) is 0.757. The van der Waals surface area contributed by atoms with E-state index in [-0.39, 0.29) is 6.04 Å². The van der Waals surface area contributed by atoms with Gasteiger partial charge < -0.3 is 10.4 Å². The zero-order chi connectivity index (χ0) is 11.2. The molecule has 3 rings (SSSR count).